The number of hydrogen-bond donors (Lipinski definition) is 0. The maximum atomic E-state index is 12.7. The Morgan fingerprint density at radius 3 is 1.79 bits per heavy atom. The Hall–Kier alpha value is -1.51. The standard InChI is InChI=1S/C44H78O3/c1-9-10-11-12-13-14-15-16-17-18-19-20-21-30-42(45)46-41-34-40-31-33-44(8,47-43(40)39(7)38(41)6)32-24-29-37(5)28-23-27-36(4)26-22-25-35(2)3/h34-37H,9-33H2,1-8H3. The number of rotatable bonds is 27. The van der Waals surface area contributed by atoms with Crippen LogP contribution in [0.25, 0.3) is 0 Å². The minimum absolute atomic E-state index is 0.0909. The van der Waals surface area contributed by atoms with E-state index in [4.69, 9.17) is 9.47 Å². The smallest absolute Gasteiger partial charge is 0.311 e. The number of carbonyl (C=O) groups is 1. The van der Waals surface area contributed by atoms with Gasteiger partial charge in [0.25, 0.3) is 0 Å². The molecule has 1 aromatic carbocycles. The van der Waals surface area contributed by atoms with Crippen LogP contribution in [0.5, 0.6) is 11.5 Å². The molecule has 0 radical (unpaired) electrons. The van der Waals surface area contributed by atoms with Crippen molar-refractivity contribution < 1.29 is 14.3 Å². The Morgan fingerprint density at radius 1 is 0.723 bits per heavy atom. The molecular formula is C44H78O3. The molecule has 0 aromatic heterocycles. The summed E-state index contributed by atoms with van der Waals surface area (Å²) in [6, 6.07) is 2.09. The first kappa shape index (κ1) is 41.7. The third kappa shape index (κ3) is 17.6. The zero-order valence-electron chi connectivity index (χ0n) is 32.7. The summed E-state index contributed by atoms with van der Waals surface area (Å²) in [5.41, 5.74) is 3.26. The SMILES string of the molecule is CCCCCCCCCCCCCCCC(=O)Oc1cc2c(c(C)c1C)OC(C)(CCCC(C)CCCC(C)CCCC(C)C)CC2. The van der Waals surface area contributed by atoms with Gasteiger partial charge in [0.05, 0.1) is 0 Å². The normalized spacial score (nSPS) is 17.4. The van der Waals surface area contributed by atoms with Gasteiger partial charge in [-0.25, -0.2) is 0 Å². The van der Waals surface area contributed by atoms with Crippen LogP contribution in [0.4, 0.5) is 0 Å². The summed E-state index contributed by atoms with van der Waals surface area (Å²) in [7, 11) is 0. The molecule has 1 aromatic rings. The van der Waals surface area contributed by atoms with Crippen LogP contribution < -0.4 is 9.47 Å². The summed E-state index contributed by atoms with van der Waals surface area (Å²) in [6.07, 6.45) is 31.5. The Balaban J connectivity index is 1.65. The van der Waals surface area contributed by atoms with Crippen molar-refractivity contribution in [2.45, 2.75) is 222 Å². The highest BCUT2D eigenvalue weighted by Gasteiger charge is 2.33. The Kier molecular flexibility index (Phi) is 21.1. The second kappa shape index (κ2) is 23.8. The van der Waals surface area contributed by atoms with E-state index in [1.165, 1.54) is 128 Å². The van der Waals surface area contributed by atoms with Crippen molar-refractivity contribution in [1.82, 2.24) is 0 Å². The predicted molar refractivity (Wildman–Crippen MR) is 204 cm³/mol. The minimum Gasteiger partial charge on any atom is -0.487 e. The van der Waals surface area contributed by atoms with E-state index in [1.54, 1.807) is 0 Å². The van der Waals surface area contributed by atoms with Crippen LogP contribution in [0, 0.1) is 31.6 Å². The molecule has 3 atom stereocenters. The van der Waals surface area contributed by atoms with Gasteiger partial charge >= 0.3 is 5.97 Å². The maximum absolute atomic E-state index is 12.7. The number of esters is 1. The third-order valence-corrected chi connectivity index (χ3v) is 11.1. The highest BCUT2D eigenvalue weighted by Crippen LogP contribution is 2.42. The topological polar surface area (TPSA) is 35.5 Å². The van der Waals surface area contributed by atoms with E-state index in [0.717, 1.165) is 72.5 Å². The zero-order chi connectivity index (χ0) is 34.5. The first-order valence-corrected chi connectivity index (χ1v) is 20.6. The van der Waals surface area contributed by atoms with Crippen LogP contribution in [0.2, 0.25) is 0 Å². The van der Waals surface area contributed by atoms with Crippen LogP contribution in [0.15, 0.2) is 6.07 Å². The van der Waals surface area contributed by atoms with Crippen molar-refractivity contribution in [2.24, 2.45) is 17.8 Å². The number of benzene rings is 1. The fraction of sp³-hybridized carbons (Fsp3) is 0.841. The van der Waals surface area contributed by atoms with Crippen LogP contribution in [-0.2, 0) is 11.2 Å². The molecule has 0 N–H and O–H groups in total. The largest absolute Gasteiger partial charge is 0.487 e. The van der Waals surface area contributed by atoms with E-state index in [2.05, 4.69) is 61.5 Å². The summed E-state index contributed by atoms with van der Waals surface area (Å²) < 4.78 is 12.7. The lowest BCUT2D eigenvalue weighted by atomic mass is 9.85. The van der Waals surface area contributed by atoms with Crippen molar-refractivity contribution >= 4 is 5.97 Å². The zero-order valence-corrected chi connectivity index (χ0v) is 32.7. The van der Waals surface area contributed by atoms with Crippen molar-refractivity contribution in [2.75, 3.05) is 0 Å². The lowest BCUT2D eigenvalue weighted by molar-refractivity contribution is -0.134. The first-order chi connectivity index (χ1) is 22.5. The lowest BCUT2D eigenvalue weighted by Crippen LogP contribution is -2.36. The maximum Gasteiger partial charge on any atom is 0.311 e. The molecule has 0 spiro atoms. The van der Waals surface area contributed by atoms with E-state index in [-0.39, 0.29) is 11.6 Å². The summed E-state index contributed by atoms with van der Waals surface area (Å²) in [4.78, 5) is 12.7. The molecule has 0 fully saturated rings. The summed E-state index contributed by atoms with van der Waals surface area (Å²) in [5.74, 6) is 4.17. The van der Waals surface area contributed by atoms with Gasteiger partial charge in [0, 0.05) is 6.42 Å². The Bertz CT molecular complexity index is 981. The minimum atomic E-state index is -0.110. The van der Waals surface area contributed by atoms with E-state index in [0.29, 0.717) is 6.42 Å². The van der Waals surface area contributed by atoms with Gasteiger partial charge in [0.1, 0.15) is 17.1 Å². The van der Waals surface area contributed by atoms with Crippen LogP contribution in [-0.4, -0.2) is 11.6 Å². The van der Waals surface area contributed by atoms with Gasteiger partial charge in [-0.1, -0.05) is 157 Å². The molecule has 3 nitrogen and oxygen atoms in total. The fourth-order valence-corrected chi connectivity index (χ4v) is 7.50. The second-order valence-electron chi connectivity index (χ2n) is 16.5. The highest BCUT2D eigenvalue weighted by atomic mass is 16.5. The Labute approximate surface area is 293 Å². The number of hydrogen-bond acceptors (Lipinski definition) is 3. The van der Waals surface area contributed by atoms with Crippen LogP contribution in [0.3, 0.4) is 0 Å². The highest BCUT2D eigenvalue weighted by molar-refractivity contribution is 5.73. The fourth-order valence-electron chi connectivity index (χ4n) is 7.50. The average molecular weight is 655 g/mol. The van der Waals surface area contributed by atoms with Gasteiger partial charge < -0.3 is 9.47 Å². The molecule has 272 valence electrons. The molecule has 1 aliphatic rings. The predicted octanol–water partition coefficient (Wildman–Crippen LogP) is 14.2. The van der Waals surface area contributed by atoms with Gasteiger partial charge in [-0.15, -0.1) is 0 Å². The first-order valence-electron chi connectivity index (χ1n) is 20.6. The molecule has 1 aliphatic heterocycles. The van der Waals surface area contributed by atoms with Crippen molar-refractivity contribution in [3.05, 3.63) is 22.8 Å². The molecule has 3 heteroatoms. The summed E-state index contributed by atoms with van der Waals surface area (Å²) in [6.45, 7) is 18.4. The van der Waals surface area contributed by atoms with Crippen molar-refractivity contribution in [3.8, 4) is 11.5 Å². The van der Waals surface area contributed by atoms with Gasteiger partial charge in [-0.2, -0.15) is 0 Å². The van der Waals surface area contributed by atoms with Gasteiger partial charge in [-0.05, 0) is 93.4 Å². The average Bonchev–Trinajstić information content (AvgIpc) is 3.02. The summed E-state index contributed by atoms with van der Waals surface area (Å²) in [5, 5.41) is 0. The van der Waals surface area contributed by atoms with Gasteiger partial charge in [0.2, 0.25) is 0 Å². The van der Waals surface area contributed by atoms with Crippen molar-refractivity contribution in [1.29, 1.82) is 0 Å². The van der Waals surface area contributed by atoms with Gasteiger partial charge in [0.15, 0.2) is 0 Å². The van der Waals surface area contributed by atoms with Crippen molar-refractivity contribution in [3.63, 3.8) is 0 Å². The van der Waals surface area contributed by atoms with E-state index >= 15 is 0 Å². The third-order valence-electron chi connectivity index (χ3n) is 11.1. The number of fused-ring (bicyclic) bond motifs is 1. The molecule has 0 aliphatic carbocycles. The quantitative estimate of drug-likeness (QED) is 0.0538. The monoisotopic (exact) mass is 655 g/mol. The molecule has 0 amide bonds. The molecule has 2 rings (SSSR count). The molecule has 3 unspecified atom stereocenters. The second-order valence-corrected chi connectivity index (χ2v) is 16.5. The van der Waals surface area contributed by atoms with E-state index < -0.39 is 0 Å². The molecule has 0 saturated heterocycles. The number of aryl methyl sites for hydroxylation is 1. The van der Waals surface area contributed by atoms with Crippen LogP contribution in [0.1, 0.15) is 212 Å². The lowest BCUT2D eigenvalue weighted by Gasteiger charge is -2.37. The number of ether oxygens (including phenoxy) is 2. The number of carbonyl (C=O) groups excluding carboxylic acids is 1. The summed E-state index contributed by atoms with van der Waals surface area (Å²) >= 11 is 0. The Morgan fingerprint density at radius 2 is 1.23 bits per heavy atom. The molecular weight excluding hydrogens is 576 g/mol. The molecule has 47 heavy (non-hydrogen) atoms. The van der Waals surface area contributed by atoms with Gasteiger partial charge in [-0.3, -0.25) is 4.79 Å². The van der Waals surface area contributed by atoms with Crippen LogP contribution >= 0.6 is 0 Å². The molecule has 0 bridgehead atoms. The molecule has 0 saturated carbocycles. The van der Waals surface area contributed by atoms with E-state index in [9.17, 15) is 4.79 Å². The number of unbranched alkanes of at least 4 members (excludes halogenated alkanes) is 12. The van der Waals surface area contributed by atoms with E-state index in [1.807, 2.05) is 0 Å². The molecule has 1 heterocycles.